The van der Waals surface area contributed by atoms with E-state index in [1.807, 2.05) is 11.8 Å². The monoisotopic (exact) mass is 245 g/mol. The highest BCUT2D eigenvalue weighted by molar-refractivity contribution is 7.99. The van der Waals surface area contributed by atoms with Crippen LogP contribution in [0, 0.1) is 5.41 Å². The molecule has 0 radical (unpaired) electrons. The number of hydrogen-bond donors (Lipinski definition) is 3. The van der Waals surface area contributed by atoms with Crippen molar-refractivity contribution in [2.24, 2.45) is 16.3 Å². The Morgan fingerprint density at radius 1 is 1.50 bits per heavy atom. The molecule has 16 heavy (non-hydrogen) atoms. The summed E-state index contributed by atoms with van der Waals surface area (Å²) >= 11 is 1.90. The highest BCUT2D eigenvalue weighted by Gasteiger charge is 2.34. The van der Waals surface area contributed by atoms with E-state index in [2.05, 4.69) is 10.5 Å². The van der Waals surface area contributed by atoms with Crippen LogP contribution in [0.3, 0.4) is 0 Å². The van der Waals surface area contributed by atoms with E-state index >= 15 is 0 Å². The third-order valence-corrected chi connectivity index (χ3v) is 3.92. The van der Waals surface area contributed by atoms with Gasteiger partial charge in [0.05, 0.1) is 0 Å². The first-order valence-electron chi connectivity index (χ1n) is 5.35. The number of nitrogens with two attached hydrogens (primary N) is 1. The van der Waals surface area contributed by atoms with Crippen LogP contribution in [-0.2, 0) is 4.79 Å². The minimum absolute atomic E-state index is 0.0600. The molecule has 1 heterocycles. The van der Waals surface area contributed by atoms with Gasteiger partial charge >= 0.3 is 0 Å². The molecule has 0 spiro atoms. The van der Waals surface area contributed by atoms with Crippen LogP contribution in [-0.4, -0.2) is 34.5 Å². The summed E-state index contributed by atoms with van der Waals surface area (Å²) in [6, 6.07) is 0.222. The summed E-state index contributed by atoms with van der Waals surface area (Å²) in [6.07, 6.45) is 1.98. The lowest BCUT2D eigenvalue weighted by molar-refractivity contribution is -0.127. The molecule has 0 aromatic heterocycles. The molecule has 1 fully saturated rings. The van der Waals surface area contributed by atoms with Gasteiger partial charge in [0.2, 0.25) is 5.91 Å². The van der Waals surface area contributed by atoms with E-state index in [0.717, 1.165) is 24.3 Å². The smallest absolute Gasteiger partial charge is 0.233 e. The Morgan fingerprint density at radius 3 is 2.56 bits per heavy atom. The van der Waals surface area contributed by atoms with E-state index < -0.39 is 5.41 Å². The largest absolute Gasteiger partial charge is 0.409 e. The van der Waals surface area contributed by atoms with Gasteiger partial charge in [0, 0.05) is 6.04 Å². The lowest BCUT2D eigenvalue weighted by Gasteiger charge is -2.28. The number of carbonyl (C=O) groups is 1. The number of amides is 1. The summed E-state index contributed by atoms with van der Waals surface area (Å²) in [5, 5.41) is 14.5. The van der Waals surface area contributed by atoms with Crippen LogP contribution >= 0.6 is 11.8 Å². The SMILES string of the molecule is CC(C)(C(=O)NC1CCSCC1)C(N)=NO. The van der Waals surface area contributed by atoms with Gasteiger partial charge in [-0.2, -0.15) is 11.8 Å². The standard InChI is InChI=1S/C10H19N3O2S/c1-10(2,8(11)13-15)9(14)12-7-3-5-16-6-4-7/h7,15H,3-6H2,1-2H3,(H2,11,13)(H,12,14). The maximum Gasteiger partial charge on any atom is 0.233 e. The van der Waals surface area contributed by atoms with E-state index in [0.29, 0.717) is 0 Å². The van der Waals surface area contributed by atoms with Crippen molar-refractivity contribution >= 4 is 23.5 Å². The van der Waals surface area contributed by atoms with E-state index in [9.17, 15) is 4.79 Å². The molecule has 4 N–H and O–H groups in total. The number of nitrogens with zero attached hydrogens (tertiary/aromatic N) is 1. The molecule has 5 nitrogen and oxygen atoms in total. The van der Waals surface area contributed by atoms with E-state index in [4.69, 9.17) is 10.9 Å². The molecule has 1 rings (SSSR count). The van der Waals surface area contributed by atoms with Crippen LogP contribution in [0.15, 0.2) is 5.16 Å². The summed E-state index contributed by atoms with van der Waals surface area (Å²) in [5.74, 6) is 1.92. The van der Waals surface area contributed by atoms with Crippen LogP contribution in [0.5, 0.6) is 0 Å². The number of rotatable bonds is 3. The van der Waals surface area contributed by atoms with E-state index in [-0.39, 0.29) is 17.8 Å². The molecular weight excluding hydrogens is 226 g/mol. The van der Waals surface area contributed by atoms with Gasteiger partial charge in [0.15, 0.2) is 5.84 Å². The predicted molar refractivity (Wildman–Crippen MR) is 65.7 cm³/mol. The third kappa shape index (κ3) is 3.04. The number of oxime groups is 1. The first-order valence-corrected chi connectivity index (χ1v) is 6.50. The highest BCUT2D eigenvalue weighted by atomic mass is 32.2. The summed E-state index contributed by atoms with van der Waals surface area (Å²) in [4.78, 5) is 11.9. The fourth-order valence-corrected chi connectivity index (χ4v) is 2.56. The molecule has 0 unspecified atom stereocenters. The lowest BCUT2D eigenvalue weighted by Crippen LogP contribution is -2.49. The Bertz CT molecular complexity index is 286. The van der Waals surface area contributed by atoms with Gasteiger partial charge in [-0.05, 0) is 38.2 Å². The molecular formula is C10H19N3O2S. The lowest BCUT2D eigenvalue weighted by atomic mass is 9.90. The van der Waals surface area contributed by atoms with E-state index in [1.54, 1.807) is 13.8 Å². The second kappa shape index (κ2) is 5.43. The zero-order chi connectivity index (χ0) is 12.2. The van der Waals surface area contributed by atoms with Gasteiger partial charge < -0.3 is 16.3 Å². The molecule has 1 amide bonds. The van der Waals surface area contributed by atoms with E-state index in [1.165, 1.54) is 0 Å². The van der Waals surface area contributed by atoms with Crippen molar-refractivity contribution in [3.63, 3.8) is 0 Å². The molecule has 0 aromatic rings. The second-order valence-electron chi connectivity index (χ2n) is 4.47. The molecule has 92 valence electrons. The summed E-state index contributed by atoms with van der Waals surface area (Å²) < 4.78 is 0. The van der Waals surface area contributed by atoms with Crippen molar-refractivity contribution in [3.8, 4) is 0 Å². The van der Waals surface area contributed by atoms with Crippen LogP contribution in [0.2, 0.25) is 0 Å². The fraction of sp³-hybridized carbons (Fsp3) is 0.800. The molecule has 6 heteroatoms. The molecule has 1 aliphatic rings. The number of carbonyl (C=O) groups excluding carboxylic acids is 1. The molecule has 1 saturated heterocycles. The minimum Gasteiger partial charge on any atom is -0.409 e. The van der Waals surface area contributed by atoms with Crippen LogP contribution < -0.4 is 11.1 Å². The average molecular weight is 245 g/mol. The number of hydrogen-bond acceptors (Lipinski definition) is 4. The molecule has 0 aromatic carbocycles. The van der Waals surface area contributed by atoms with Gasteiger partial charge in [-0.1, -0.05) is 5.16 Å². The Labute approximate surface area is 99.8 Å². The Hall–Kier alpha value is -0.910. The van der Waals surface area contributed by atoms with Gasteiger partial charge in [-0.15, -0.1) is 0 Å². The van der Waals surface area contributed by atoms with Gasteiger partial charge in [0.25, 0.3) is 0 Å². The van der Waals surface area contributed by atoms with Crippen molar-refractivity contribution in [3.05, 3.63) is 0 Å². The molecule has 0 atom stereocenters. The Morgan fingerprint density at radius 2 is 2.06 bits per heavy atom. The zero-order valence-corrected chi connectivity index (χ0v) is 10.5. The third-order valence-electron chi connectivity index (χ3n) is 2.87. The topological polar surface area (TPSA) is 87.7 Å². The molecule has 1 aliphatic heterocycles. The molecule has 0 bridgehead atoms. The average Bonchev–Trinajstić information content (AvgIpc) is 2.29. The van der Waals surface area contributed by atoms with Gasteiger partial charge in [-0.3, -0.25) is 4.79 Å². The summed E-state index contributed by atoms with van der Waals surface area (Å²) in [7, 11) is 0. The Kier molecular flexibility index (Phi) is 4.46. The summed E-state index contributed by atoms with van der Waals surface area (Å²) in [6.45, 7) is 3.30. The number of amidine groups is 1. The zero-order valence-electron chi connectivity index (χ0n) is 9.69. The maximum absolute atomic E-state index is 11.9. The van der Waals surface area contributed by atoms with Crippen molar-refractivity contribution < 1.29 is 10.0 Å². The van der Waals surface area contributed by atoms with Crippen LogP contribution in [0.25, 0.3) is 0 Å². The number of thioether (sulfide) groups is 1. The van der Waals surface area contributed by atoms with Gasteiger partial charge in [0.1, 0.15) is 5.41 Å². The van der Waals surface area contributed by atoms with Crippen molar-refractivity contribution in [2.45, 2.75) is 32.7 Å². The predicted octanol–water partition coefficient (Wildman–Crippen LogP) is 0.771. The fourth-order valence-electron chi connectivity index (χ4n) is 1.45. The highest BCUT2D eigenvalue weighted by Crippen LogP contribution is 2.20. The van der Waals surface area contributed by atoms with Crippen LogP contribution in [0.1, 0.15) is 26.7 Å². The molecule has 0 aliphatic carbocycles. The second-order valence-corrected chi connectivity index (χ2v) is 5.70. The minimum atomic E-state index is -0.959. The first kappa shape index (κ1) is 13.2. The van der Waals surface area contributed by atoms with Crippen molar-refractivity contribution in [1.29, 1.82) is 0 Å². The normalized spacial score (nSPS) is 19.5. The first-order chi connectivity index (χ1) is 7.48. The van der Waals surface area contributed by atoms with Crippen LogP contribution in [0.4, 0.5) is 0 Å². The van der Waals surface area contributed by atoms with Crippen molar-refractivity contribution in [1.82, 2.24) is 5.32 Å². The Balaban J connectivity index is 2.56. The maximum atomic E-state index is 11.9. The summed E-state index contributed by atoms with van der Waals surface area (Å²) in [5.41, 5.74) is 4.53. The van der Waals surface area contributed by atoms with Crippen molar-refractivity contribution in [2.75, 3.05) is 11.5 Å². The quantitative estimate of drug-likeness (QED) is 0.296. The van der Waals surface area contributed by atoms with Gasteiger partial charge in [-0.25, -0.2) is 0 Å². The molecule has 0 saturated carbocycles. The number of nitrogens with one attached hydrogen (secondary N) is 1.